The summed E-state index contributed by atoms with van der Waals surface area (Å²) in [7, 11) is -8.33. The number of rotatable bonds is 11. The molecule has 1 atom stereocenters. The molecule has 9 nitrogen and oxygen atoms in total. The van der Waals surface area contributed by atoms with E-state index in [2.05, 4.69) is 9.84 Å². The lowest BCUT2D eigenvalue weighted by Gasteiger charge is -2.12. The van der Waals surface area contributed by atoms with Gasteiger partial charge in [-0.25, -0.2) is 4.79 Å². The van der Waals surface area contributed by atoms with Crippen LogP contribution in [0.1, 0.15) is 26.2 Å². The SMILES string of the molecule is CCCCOC(=O)NCCCOP(=O)(O)CCP(=O)(O)O. The molecule has 0 rings (SSSR count). The Hall–Kier alpha value is -0.430. The molecule has 11 heteroatoms. The minimum atomic E-state index is -4.32. The number of carbonyl (C=O) groups excluding carboxylic acids is 1. The van der Waals surface area contributed by atoms with E-state index >= 15 is 0 Å². The lowest BCUT2D eigenvalue weighted by molar-refractivity contribution is 0.144. The molecule has 0 saturated carbocycles. The smallest absolute Gasteiger partial charge is 0.407 e. The van der Waals surface area contributed by atoms with E-state index in [1.807, 2.05) is 6.92 Å². The maximum Gasteiger partial charge on any atom is 0.407 e. The number of hydrogen-bond donors (Lipinski definition) is 4. The van der Waals surface area contributed by atoms with Gasteiger partial charge in [-0.1, -0.05) is 13.3 Å². The van der Waals surface area contributed by atoms with Crippen LogP contribution in [0.4, 0.5) is 4.79 Å². The van der Waals surface area contributed by atoms with Gasteiger partial charge in [-0.2, -0.15) is 0 Å². The molecule has 0 aliphatic heterocycles. The highest BCUT2D eigenvalue weighted by atomic mass is 31.2. The predicted octanol–water partition coefficient (Wildman–Crippen LogP) is 1.28. The fourth-order valence-corrected chi connectivity index (χ4v) is 3.75. The number of alkyl carbamates (subject to hydrolysis) is 1. The van der Waals surface area contributed by atoms with Gasteiger partial charge >= 0.3 is 21.3 Å². The first-order valence-corrected chi connectivity index (χ1v) is 10.1. The van der Waals surface area contributed by atoms with Crippen molar-refractivity contribution < 1.29 is 37.9 Å². The summed E-state index contributed by atoms with van der Waals surface area (Å²) in [5, 5.41) is 2.45. The van der Waals surface area contributed by atoms with Crippen molar-refractivity contribution in [3.63, 3.8) is 0 Å². The second-order valence-corrected chi connectivity index (χ2v) is 8.11. The lowest BCUT2D eigenvalue weighted by Crippen LogP contribution is -2.26. The van der Waals surface area contributed by atoms with Crippen LogP contribution in [0.5, 0.6) is 0 Å². The topological polar surface area (TPSA) is 142 Å². The maximum absolute atomic E-state index is 11.4. The van der Waals surface area contributed by atoms with E-state index in [4.69, 9.17) is 14.5 Å². The molecular formula is C10H23NO8P2. The highest BCUT2D eigenvalue weighted by molar-refractivity contribution is 7.56. The zero-order valence-corrected chi connectivity index (χ0v) is 13.7. The van der Waals surface area contributed by atoms with Crippen molar-refractivity contribution in [3.8, 4) is 0 Å². The van der Waals surface area contributed by atoms with Gasteiger partial charge in [0.15, 0.2) is 0 Å². The molecule has 0 radical (unpaired) electrons. The van der Waals surface area contributed by atoms with Crippen LogP contribution in [0, 0.1) is 0 Å². The zero-order valence-electron chi connectivity index (χ0n) is 11.9. The Kier molecular flexibility index (Phi) is 10.1. The molecule has 0 aliphatic carbocycles. The van der Waals surface area contributed by atoms with Crippen LogP contribution in [0.2, 0.25) is 0 Å². The molecule has 0 aromatic carbocycles. The fourth-order valence-electron chi connectivity index (χ4n) is 1.15. The summed E-state index contributed by atoms with van der Waals surface area (Å²) in [4.78, 5) is 37.6. The van der Waals surface area contributed by atoms with Crippen molar-refractivity contribution in [1.29, 1.82) is 0 Å². The van der Waals surface area contributed by atoms with E-state index < -0.39 is 33.6 Å². The van der Waals surface area contributed by atoms with Gasteiger partial charge in [0.05, 0.1) is 25.5 Å². The monoisotopic (exact) mass is 347 g/mol. The van der Waals surface area contributed by atoms with Gasteiger partial charge in [0.2, 0.25) is 0 Å². The molecule has 0 aliphatic rings. The molecular weight excluding hydrogens is 324 g/mol. The molecule has 0 bridgehead atoms. The van der Waals surface area contributed by atoms with Gasteiger partial charge < -0.3 is 29.3 Å². The van der Waals surface area contributed by atoms with Gasteiger partial charge in [0, 0.05) is 6.54 Å². The quantitative estimate of drug-likeness (QED) is 0.323. The molecule has 4 N–H and O–H groups in total. The van der Waals surface area contributed by atoms with Crippen molar-refractivity contribution in [1.82, 2.24) is 5.32 Å². The molecule has 0 heterocycles. The Labute approximate surface area is 123 Å². The van der Waals surface area contributed by atoms with Gasteiger partial charge in [0.1, 0.15) is 0 Å². The summed E-state index contributed by atoms with van der Waals surface area (Å²) in [5.41, 5.74) is 0. The summed E-state index contributed by atoms with van der Waals surface area (Å²) in [6.07, 6.45) is 0.110. The average molecular weight is 347 g/mol. The molecule has 0 aromatic rings. The van der Waals surface area contributed by atoms with E-state index in [9.17, 15) is 18.8 Å². The highest BCUT2D eigenvalue weighted by Gasteiger charge is 2.24. The number of hydrogen-bond acceptors (Lipinski definition) is 5. The number of amides is 1. The minimum Gasteiger partial charge on any atom is -0.450 e. The van der Waals surface area contributed by atoms with Gasteiger partial charge in [-0.05, 0) is 12.8 Å². The van der Waals surface area contributed by atoms with Crippen LogP contribution in [0.25, 0.3) is 0 Å². The second-order valence-electron chi connectivity index (χ2n) is 4.35. The fraction of sp³-hybridized carbons (Fsp3) is 0.900. The van der Waals surface area contributed by atoms with Crippen molar-refractivity contribution in [3.05, 3.63) is 0 Å². The molecule has 0 aromatic heterocycles. The van der Waals surface area contributed by atoms with E-state index in [0.29, 0.717) is 6.61 Å². The first kappa shape index (κ1) is 20.6. The largest absolute Gasteiger partial charge is 0.450 e. The highest BCUT2D eigenvalue weighted by Crippen LogP contribution is 2.46. The number of ether oxygens (including phenoxy) is 1. The summed E-state index contributed by atoms with van der Waals surface area (Å²) < 4.78 is 31.5. The summed E-state index contributed by atoms with van der Waals surface area (Å²) in [6, 6.07) is 0. The Morgan fingerprint density at radius 2 is 1.76 bits per heavy atom. The van der Waals surface area contributed by atoms with E-state index in [0.717, 1.165) is 12.8 Å². The van der Waals surface area contributed by atoms with Gasteiger partial charge in [-0.3, -0.25) is 9.13 Å². The zero-order chi connectivity index (χ0) is 16.4. The van der Waals surface area contributed by atoms with E-state index in [1.165, 1.54) is 0 Å². The van der Waals surface area contributed by atoms with Crippen LogP contribution in [-0.2, 0) is 18.4 Å². The molecule has 0 saturated heterocycles. The lowest BCUT2D eigenvalue weighted by atomic mass is 10.4. The summed E-state index contributed by atoms with van der Waals surface area (Å²) in [6.45, 7) is 2.42. The van der Waals surface area contributed by atoms with Gasteiger partial charge in [-0.15, -0.1) is 0 Å². The number of unbranched alkanes of at least 4 members (excludes halogenated alkanes) is 1. The third-order valence-corrected chi connectivity index (χ3v) is 4.82. The molecule has 126 valence electrons. The molecule has 1 unspecified atom stereocenters. The van der Waals surface area contributed by atoms with Gasteiger partial charge in [0.25, 0.3) is 0 Å². The van der Waals surface area contributed by atoms with Crippen molar-refractivity contribution >= 4 is 21.3 Å². The van der Waals surface area contributed by atoms with E-state index in [-0.39, 0.29) is 19.6 Å². The Morgan fingerprint density at radius 1 is 1.10 bits per heavy atom. The first-order valence-electron chi connectivity index (χ1n) is 6.58. The minimum absolute atomic E-state index is 0.107. The van der Waals surface area contributed by atoms with Crippen LogP contribution >= 0.6 is 15.2 Å². The Bertz CT molecular complexity index is 397. The van der Waals surface area contributed by atoms with Crippen LogP contribution < -0.4 is 5.32 Å². The van der Waals surface area contributed by atoms with E-state index in [1.54, 1.807) is 0 Å². The third kappa shape index (κ3) is 14.3. The predicted molar refractivity (Wildman–Crippen MR) is 76.4 cm³/mol. The van der Waals surface area contributed by atoms with Crippen molar-refractivity contribution in [2.24, 2.45) is 0 Å². The summed E-state index contributed by atoms with van der Waals surface area (Å²) in [5.74, 6) is 0. The molecule has 21 heavy (non-hydrogen) atoms. The third-order valence-electron chi connectivity index (χ3n) is 2.29. The van der Waals surface area contributed by atoms with Crippen molar-refractivity contribution in [2.45, 2.75) is 26.2 Å². The molecule has 0 spiro atoms. The normalized spacial score (nSPS) is 14.5. The number of nitrogens with one attached hydrogen (secondary N) is 1. The number of carbonyl (C=O) groups is 1. The Morgan fingerprint density at radius 3 is 2.33 bits per heavy atom. The Balaban J connectivity index is 3.67. The first-order chi connectivity index (χ1) is 9.66. The second kappa shape index (κ2) is 10.3. The summed E-state index contributed by atoms with van der Waals surface area (Å²) >= 11 is 0. The van der Waals surface area contributed by atoms with Crippen LogP contribution in [-0.4, -0.2) is 52.9 Å². The average Bonchev–Trinajstić information content (AvgIpc) is 2.36. The van der Waals surface area contributed by atoms with Crippen molar-refractivity contribution in [2.75, 3.05) is 32.1 Å². The van der Waals surface area contributed by atoms with Crippen LogP contribution in [0.3, 0.4) is 0 Å². The standard InChI is InChI=1S/C10H23NO8P2/c1-2-3-6-18-10(12)11-5-4-7-19-21(16,17)9-8-20(13,14)15/h2-9H2,1H3,(H,11,12)(H,16,17)(H2,13,14,15). The molecule has 0 fully saturated rings. The maximum atomic E-state index is 11.4. The molecule has 1 amide bonds. The van der Waals surface area contributed by atoms with Crippen LogP contribution in [0.15, 0.2) is 0 Å².